The van der Waals surface area contributed by atoms with Crippen molar-refractivity contribution < 1.29 is 23.2 Å². The standard InChI is InChI=1S/C18H35NO5S/c1-16(2,3)23-15(21)19-12-13(11-18(19,7)14(20)22-8)24-25(9,10)17(4,5)6/h13H,11-12H2,1-10H3/t13-,18+/m1/s1. The molecule has 0 spiro atoms. The third-order valence-corrected chi connectivity index (χ3v) is 8.40. The molecule has 1 amide bonds. The summed E-state index contributed by atoms with van der Waals surface area (Å²) >= 11 is 0. The molecule has 0 unspecified atom stereocenters. The van der Waals surface area contributed by atoms with Gasteiger partial charge in [0.25, 0.3) is 0 Å². The molecule has 1 aliphatic rings. The van der Waals surface area contributed by atoms with Gasteiger partial charge in [-0.2, -0.15) is 0 Å². The quantitative estimate of drug-likeness (QED) is 0.701. The van der Waals surface area contributed by atoms with Crippen LogP contribution in [0, 0.1) is 0 Å². The number of carbonyl (C=O) groups excluding carboxylic acids is 2. The molecule has 7 heteroatoms. The van der Waals surface area contributed by atoms with Gasteiger partial charge in [-0.3, -0.25) is 4.90 Å². The summed E-state index contributed by atoms with van der Waals surface area (Å²) < 4.78 is 16.8. The van der Waals surface area contributed by atoms with Gasteiger partial charge < -0.3 is 13.7 Å². The minimum atomic E-state index is -1.38. The summed E-state index contributed by atoms with van der Waals surface area (Å²) in [5.74, 6) is -0.451. The van der Waals surface area contributed by atoms with Gasteiger partial charge in [0.1, 0.15) is 11.1 Å². The summed E-state index contributed by atoms with van der Waals surface area (Å²) in [5.41, 5.74) is -1.72. The lowest BCUT2D eigenvalue weighted by Gasteiger charge is -2.45. The van der Waals surface area contributed by atoms with E-state index < -0.39 is 33.5 Å². The van der Waals surface area contributed by atoms with Crippen molar-refractivity contribution in [1.29, 1.82) is 0 Å². The van der Waals surface area contributed by atoms with Crippen LogP contribution in [0.5, 0.6) is 0 Å². The Morgan fingerprint density at radius 2 is 1.64 bits per heavy atom. The number of carbonyl (C=O) groups is 2. The van der Waals surface area contributed by atoms with Gasteiger partial charge in [-0.25, -0.2) is 9.59 Å². The molecule has 2 atom stereocenters. The van der Waals surface area contributed by atoms with E-state index in [-0.39, 0.29) is 10.9 Å². The summed E-state index contributed by atoms with van der Waals surface area (Å²) in [5, 5.41) is 0. The number of esters is 1. The Balaban J connectivity index is 3.07. The predicted molar refractivity (Wildman–Crippen MR) is 102 cm³/mol. The van der Waals surface area contributed by atoms with Gasteiger partial charge in [-0.1, -0.05) is 20.8 Å². The third kappa shape index (κ3) is 5.03. The maximum Gasteiger partial charge on any atom is 0.411 e. The second kappa shape index (κ2) is 6.99. The zero-order valence-corrected chi connectivity index (χ0v) is 18.2. The molecule has 6 nitrogen and oxygen atoms in total. The van der Waals surface area contributed by atoms with Gasteiger partial charge in [0.15, 0.2) is 0 Å². The fourth-order valence-electron chi connectivity index (χ4n) is 2.58. The van der Waals surface area contributed by atoms with E-state index in [0.717, 1.165) is 0 Å². The molecule has 1 saturated heterocycles. The smallest absolute Gasteiger partial charge is 0.411 e. The molecule has 1 rings (SSSR count). The molecule has 0 bridgehead atoms. The van der Waals surface area contributed by atoms with Gasteiger partial charge in [0, 0.05) is 11.2 Å². The average Bonchev–Trinajstić information content (AvgIpc) is 2.72. The van der Waals surface area contributed by atoms with Crippen LogP contribution in [-0.4, -0.2) is 65.1 Å². The van der Waals surface area contributed by atoms with Crippen molar-refractivity contribution in [1.82, 2.24) is 4.90 Å². The van der Waals surface area contributed by atoms with E-state index in [4.69, 9.17) is 13.7 Å². The number of ether oxygens (including phenoxy) is 2. The topological polar surface area (TPSA) is 65.1 Å². The van der Waals surface area contributed by atoms with Crippen LogP contribution >= 0.6 is 10.3 Å². The van der Waals surface area contributed by atoms with E-state index in [2.05, 4.69) is 33.3 Å². The Morgan fingerprint density at radius 1 is 1.12 bits per heavy atom. The summed E-state index contributed by atoms with van der Waals surface area (Å²) in [7, 11) is -0.0462. The molecule has 0 N–H and O–H groups in total. The Hall–Kier alpha value is -0.950. The summed E-state index contributed by atoms with van der Waals surface area (Å²) in [6.45, 7) is 13.9. The lowest BCUT2D eigenvalue weighted by atomic mass is 9.98. The predicted octanol–water partition coefficient (Wildman–Crippen LogP) is 3.72. The van der Waals surface area contributed by atoms with Crippen LogP contribution in [0.2, 0.25) is 0 Å². The zero-order chi connectivity index (χ0) is 19.8. The van der Waals surface area contributed by atoms with E-state index in [0.29, 0.717) is 13.0 Å². The van der Waals surface area contributed by atoms with E-state index in [1.807, 2.05) is 0 Å². The number of hydrogen-bond donors (Lipinski definition) is 0. The van der Waals surface area contributed by atoms with E-state index in [9.17, 15) is 9.59 Å². The molecule has 148 valence electrons. The van der Waals surface area contributed by atoms with Crippen LogP contribution in [0.1, 0.15) is 54.9 Å². The van der Waals surface area contributed by atoms with Gasteiger partial charge in [0.2, 0.25) is 0 Å². The lowest BCUT2D eigenvalue weighted by Crippen LogP contribution is -2.52. The van der Waals surface area contributed by atoms with E-state index in [1.165, 1.54) is 12.0 Å². The molecule has 25 heavy (non-hydrogen) atoms. The summed E-state index contributed by atoms with van der Waals surface area (Å²) in [4.78, 5) is 26.5. The number of hydrogen-bond acceptors (Lipinski definition) is 5. The van der Waals surface area contributed by atoms with Gasteiger partial charge in [0.05, 0.1) is 19.8 Å². The zero-order valence-electron chi connectivity index (χ0n) is 17.4. The fourth-order valence-corrected chi connectivity index (χ4v) is 3.68. The number of likely N-dealkylation sites (tertiary alicyclic amines) is 1. The van der Waals surface area contributed by atoms with Crippen molar-refractivity contribution in [3.05, 3.63) is 0 Å². The van der Waals surface area contributed by atoms with Gasteiger partial charge >= 0.3 is 12.1 Å². The molecule has 0 radical (unpaired) electrons. The van der Waals surface area contributed by atoms with Gasteiger partial charge in [-0.15, -0.1) is 10.3 Å². The first kappa shape index (κ1) is 22.1. The minimum Gasteiger partial charge on any atom is -0.467 e. The van der Waals surface area contributed by atoms with E-state index >= 15 is 0 Å². The van der Waals surface area contributed by atoms with Gasteiger partial charge in [-0.05, 0) is 40.2 Å². The van der Waals surface area contributed by atoms with E-state index in [1.54, 1.807) is 27.7 Å². The van der Waals surface area contributed by atoms with Crippen LogP contribution < -0.4 is 0 Å². The van der Waals surface area contributed by atoms with Crippen molar-refractivity contribution in [2.75, 3.05) is 26.2 Å². The molecule has 1 aliphatic heterocycles. The summed E-state index contributed by atoms with van der Waals surface area (Å²) in [6.07, 6.45) is 3.86. The molecule has 0 saturated carbocycles. The highest BCUT2D eigenvalue weighted by atomic mass is 32.3. The third-order valence-electron chi connectivity index (χ3n) is 4.70. The molecule has 0 aromatic heterocycles. The Kier molecular flexibility index (Phi) is 6.17. The summed E-state index contributed by atoms with van der Waals surface area (Å²) in [6, 6.07) is 0. The largest absolute Gasteiger partial charge is 0.467 e. The molecule has 1 fully saturated rings. The highest BCUT2D eigenvalue weighted by Crippen LogP contribution is 2.56. The first-order valence-electron chi connectivity index (χ1n) is 8.54. The Bertz CT molecular complexity index is 521. The number of amides is 1. The highest BCUT2D eigenvalue weighted by molar-refractivity contribution is 8.29. The molecular weight excluding hydrogens is 342 g/mol. The molecular formula is C18H35NO5S. The molecule has 0 aliphatic carbocycles. The Labute approximate surface area is 154 Å². The minimum absolute atomic E-state index is 0.00595. The van der Waals surface area contributed by atoms with Crippen molar-refractivity contribution in [2.24, 2.45) is 0 Å². The molecule has 0 aromatic carbocycles. The van der Waals surface area contributed by atoms with Crippen LogP contribution in [0.25, 0.3) is 0 Å². The SMILES string of the molecule is COC(=O)[C@]1(C)C[C@@H](OS(C)(C)C(C)(C)C)CN1C(=O)OC(C)(C)C. The van der Waals surface area contributed by atoms with Crippen LogP contribution in [0.15, 0.2) is 0 Å². The van der Waals surface area contributed by atoms with Crippen LogP contribution in [0.3, 0.4) is 0 Å². The van der Waals surface area contributed by atoms with Crippen LogP contribution in [-0.2, 0) is 18.5 Å². The monoisotopic (exact) mass is 377 g/mol. The first-order valence-corrected chi connectivity index (χ1v) is 10.9. The normalized spacial score (nSPS) is 25.7. The number of methoxy groups -OCH3 is 1. The second-order valence-electron chi connectivity index (χ2n) is 9.12. The maximum absolute atomic E-state index is 12.7. The van der Waals surface area contributed by atoms with Crippen molar-refractivity contribution in [3.8, 4) is 0 Å². The average molecular weight is 378 g/mol. The number of nitrogens with zero attached hydrogens (tertiary/aromatic N) is 1. The lowest BCUT2D eigenvalue weighted by molar-refractivity contribution is -0.152. The number of rotatable bonds is 3. The van der Waals surface area contributed by atoms with Crippen molar-refractivity contribution in [3.63, 3.8) is 0 Å². The first-order chi connectivity index (χ1) is 11.0. The van der Waals surface area contributed by atoms with Crippen molar-refractivity contribution in [2.45, 2.75) is 76.9 Å². The molecule has 0 aromatic rings. The Morgan fingerprint density at radius 3 is 2.04 bits per heavy atom. The van der Waals surface area contributed by atoms with Crippen LogP contribution in [0.4, 0.5) is 4.79 Å². The second-order valence-corrected chi connectivity index (χ2v) is 13.0. The fraction of sp³-hybridized carbons (Fsp3) is 0.889. The molecule has 1 heterocycles. The maximum atomic E-state index is 12.7. The van der Waals surface area contributed by atoms with Crippen molar-refractivity contribution >= 4 is 22.4 Å². The highest BCUT2D eigenvalue weighted by Gasteiger charge is 2.53.